The van der Waals surface area contributed by atoms with E-state index in [0.29, 0.717) is 0 Å². The summed E-state index contributed by atoms with van der Waals surface area (Å²) in [4.78, 5) is 3.92. The molecule has 1 heterocycles. The molecule has 0 unspecified atom stereocenters. The topological polar surface area (TPSA) is 12.9 Å². The van der Waals surface area contributed by atoms with Gasteiger partial charge in [-0.15, -0.1) is 0 Å². The number of halogens is 2. The van der Waals surface area contributed by atoms with Gasteiger partial charge in [-0.3, -0.25) is 4.98 Å². The molecule has 0 atom stereocenters. The summed E-state index contributed by atoms with van der Waals surface area (Å²) in [6.45, 7) is 3.75. The summed E-state index contributed by atoms with van der Waals surface area (Å²) in [6.07, 6.45) is 3.47. The van der Waals surface area contributed by atoms with Gasteiger partial charge in [-0.25, -0.2) is 0 Å². The van der Waals surface area contributed by atoms with Crippen LogP contribution in [0.15, 0.2) is 29.5 Å². The maximum absolute atomic E-state index is 3.92. The van der Waals surface area contributed by atoms with E-state index in [1.54, 1.807) is 12.4 Å². The van der Waals surface area contributed by atoms with Crippen LogP contribution in [0.5, 0.6) is 0 Å². The van der Waals surface area contributed by atoms with E-state index in [9.17, 15) is 0 Å². The molecule has 0 spiro atoms. The highest BCUT2D eigenvalue weighted by molar-refractivity contribution is 9.15. The normalized spacial score (nSPS) is 9.40. The van der Waals surface area contributed by atoms with Crippen LogP contribution in [0.3, 0.4) is 0 Å². The molecule has 0 saturated heterocycles. The molecular formula is C7H5Br2N. The quantitative estimate of drug-likeness (QED) is 0.758. The molecule has 1 aromatic rings. The van der Waals surface area contributed by atoms with Crippen molar-refractivity contribution in [1.82, 2.24) is 4.98 Å². The van der Waals surface area contributed by atoms with Crippen LogP contribution in [-0.2, 0) is 0 Å². The molecule has 10 heavy (non-hydrogen) atoms. The zero-order valence-corrected chi connectivity index (χ0v) is 8.31. The minimum atomic E-state index is 0.863. The second-order valence-electron chi connectivity index (χ2n) is 1.76. The van der Waals surface area contributed by atoms with Gasteiger partial charge in [0, 0.05) is 26.9 Å². The lowest BCUT2D eigenvalue weighted by Crippen LogP contribution is -1.78. The van der Waals surface area contributed by atoms with Crippen LogP contribution in [0.4, 0.5) is 0 Å². The van der Waals surface area contributed by atoms with Crippen LogP contribution in [0, 0.1) is 0 Å². The van der Waals surface area contributed by atoms with E-state index in [0.717, 1.165) is 14.5 Å². The number of nitrogens with zero attached hydrogens (tertiary/aromatic N) is 1. The van der Waals surface area contributed by atoms with E-state index < -0.39 is 0 Å². The SMILES string of the molecule is C=C(Br)c1ccncc1Br. The summed E-state index contributed by atoms with van der Waals surface area (Å²) >= 11 is 6.62. The van der Waals surface area contributed by atoms with Crippen LogP contribution < -0.4 is 0 Å². The summed E-state index contributed by atoms with van der Waals surface area (Å²) in [6, 6.07) is 1.89. The highest BCUT2D eigenvalue weighted by Gasteiger charge is 1.98. The fourth-order valence-electron chi connectivity index (χ4n) is 0.595. The molecule has 1 nitrogen and oxygen atoms in total. The molecule has 52 valence electrons. The van der Waals surface area contributed by atoms with E-state index in [1.807, 2.05) is 6.07 Å². The number of hydrogen-bond acceptors (Lipinski definition) is 1. The minimum absolute atomic E-state index is 0.863. The van der Waals surface area contributed by atoms with Crippen molar-refractivity contribution in [3.8, 4) is 0 Å². The maximum Gasteiger partial charge on any atom is 0.0442 e. The molecule has 0 fully saturated rings. The Labute approximate surface area is 76.4 Å². The molecule has 0 amide bonds. The van der Waals surface area contributed by atoms with Crippen molar-refractivity contribution in [2.24, 2.45) is 0 Å². The first-order chi connectivity index (χ1) is 4.72. The molecule has 0 aromatic carbocycles. The van der Waals surface area contributed by atoms with Gasteiger partial charge >= 0.3 is 0 Å². The molecule has 0 aliphatic carbocycles. The largest absolute Gasteiger partial charge is 0.264 e. The van der Waals surface area contributed by atoms with Gasteiger partial charge in [0.2, 0.25) is 0 Å². The Balaban J connectivity index is 3.15. The van der Waals surface area contributed by atoms with Crippen molar-refractivity contribution in [3.05, 3.63) is 35.1 Å². The van der Waals surface area contributed by atoms with E-state index in [-0.39, 0.29) is 0 Å². The summed E-state index contributed by atoms with van der Waals surface area (Å²) in [5.41, 5.74) is 1.04. The van der Waals surface area contributed by atoms with Crippen LogP contribution in [0.25, 0.3) is 4.48 Å². The molecule has 3 heteroatoms. The molecule has 0 N–H and O–H groups in total. The number of pyridine rings is 1. The first kappa shape index (κ1) is 7.95. The number of hydrogen-bond donors (Lipinski definition) is 0. The lowest BCUT2D eigenvalue weighted by Gasteiger charge is -1.98. The van der Waals surface area contributed by atoms with Gasteiger partial charge in [0.25, 0.3) is 0 Å². The number of aromatic nitrogens is 1. The lowest BCUT2D eigenvalue weighted by atomic mass is 10.3. The lowest BCUT2D eigenvalue weighted by molar-refractivity contribution is 1.30. The standard InChI is InChI=1S/C7H5Br2N/c1-5(8)6-2-3-10-4-7(6)9/h2-4H,1H2. The van der Waals surface area contributed by atoms with Gasteiger partial charge < -0.3 is 0 Å². The molecule has 1 aromatic heterocycles. The summed E-state index contributed by atoms with van der Waals surface area (Å²) in [7, 11) is 0. The van der Waals surface area contributed by atoms with Crippen molar-refractivity contribution in [3.63, 3.8) is 0 Å². The van der Waals surface area contributed by atoms with Crippen molar-refractivity contribution in [1.29, 1.82) is 0 Å². The average molecular weight is 263 g/mol. The van der Waals surface area contributed by atoms with Gasteiger partial charge in [0.1, 0.15) is 0 Å². The summed E-state index contributed by atoms with van der Waals surface area (Å²) < 4.78 is 1.82. The van der Waals surface area contributed by atoms with E-state index in [1.165, 1.54) is 0 Å². The second kappa shape index (κ2) is 3.30. The average Bonchev–Trinajstić information content (AvgIpc) is 1.88. The molecular weight excluding hydrogens is 258 g/mol. The van der Waals surface area contributed by atoms with Crippen molar-refractivity contribution in [2.75, 3.05) is 0 Å². The third kappa shape index (κ3) is 1.67. The zero-order chi connectivity index (χ0) is 7.56. The third-order valence-electron chi connectivity index (χ3n) is 1.06. The fourth-order valence-corrected chi connectivity index (χ4v) is 1.70. The van der Waals surface area contributed by atoms with E-state index in [2.05, 4.69) is 43.4 Å². The van der Waals surface area contributed by atoms with Crippen LogP contribution in [0.2, 0.25) is 0 Å². The molecule has 0 bridgehead atoms. The highest BCUT2D eigenvalue weighted by atomic mass is 79.9. The van der Waals surface area contributed by atoms with Gasteiger partial charge in [-0.2, -0.15) is 0 Å². The monoisotopic (exact) mass is 261 g/mol. The van der Waals surface area contributed by atoms with Crippen LogP contribution in [-0.4, -0.2) is 4.98 Å². The maximum atomic E-state index is 3.92. The van der Waals surface area contributed by atoms with Crippen molar-refractivity contribution in [2.45, 2.75) is 0 Å². The molecule has 1 rings (SSSR count). The predicted molar refractivity (Wildman–Crippen MR) is 49.9 cm³/mol. The third-order valence-corrected chi connectivity index (χ3v) is 2.12. The first-order valence-electron chi connectivity index (χ1n) is 2.66. The van der Waals surface area contributed by atoms with E-state index in [4.69, 9.17) is 0 Å². The van der Waals surface area contributed by atoms with Gasteiger partial charge in [0.05, 0.1) is 0 Å². The Hall–Kier alpha value is -0.150. The molecule has 0 radical (unpaired) electrons. The Bertz CT molecular complexity index is 258. The predicted octanol–water partition coefficient (Wildman–Crippen LogP) is 3.21. The Kier molecular flexibility index (Phi) is 2.63. The Morgan fingerprint density at radius 3 is 2.70 bits per heavy atom. The van der Waals surface area contributed by atoms with Crippen LogP contribution in [0.1, 0.15) is 5.56 Å². The highest BCUT2D eigenvalue weighted by Crippen LogP contribution is 2.25. The van der Waals surface area contributed by atoms with E-state index >= 15 is 0 Å². The zero-order valence-electron chi connectivity index (χ0n) is 5.14. The Morgan fingerprint density at radius 2 is 2.30 bits per heavy atom. The first-order valence-corrected chi connectivity index (χ1v) is 4.24. The second-order valence-corrected chi connectivity index (χ2v) is 3.57. The number of rotatable bonds is 1. The van der Waals surface area contributed by atoms with Crippen LogP contribution >= 0.6 is 31.9 Å². The molecule has 0 aliphatic rings. The smallest absolute Gasteiger partial charge is 0.0442 e. The molecule has 0 saturated carbocycles. The van der Waals surface area contributed by atoms with Crippen molar-refractivity contribution >= 4 is 36.3 Å². The molecule has 0 aliphatic heterocycles. The van der Waals surface area contributed by atoms with Gasteiger partial charge in [-0.1, -0.05) is 22.5 Å². The van der Waals surface area contributed by atoms with Gasteiger partial charge in [0.15, 0.2) is 0 Å². The van der Waals surface area contributed by atoms with Gasteiger partial charge in [-0.05, 0) is 22.0 Å². The van der Waals surface area contributed by atoms with Crippen molar-refractivity contribution < 1.29 is 0 Å². The fraction of sp³-hybridized carbons (Fsp3) is 0. The Morgan fingerprint density at radius 1 is 1.60 bits per heavy atom. The minimum Gasteiger partial charge on any atom is -0.264 e. The summed E-state index contributed by atoms with van der Waals surface area (Å²) in [5, 5.41) is 0. The summed E-state index contributed by atoms with van der Waals surface area (Å²) in [5.74, 6) is 0.